The third-order valence-corrected chi connectivity index (χ3v) is 6.60. The molecule has 1 amide bonds. The molecule has 0 spiro atoms. The van der Waals surface area contributed by atoms with Crippen LogP contribution in [0, 0.1) is 6.92 Å². The van der Waals surface area contributed by atoms with Crippen LogP contribution >= 0.6 is 0 Å². The van der Waals surface area contributed by atoms with Gasteiger partial charge in [0.25, 0.3) is 0 Å². The normalized spacial score (nSPS) is 20.4. The summed E-state index contributed by atoms with van der Waals surface area (Å²) >= 11 is 0. The zero-order valence-corrected chi connectivity index (χ0v) is 17.3. The third kappa shape index (κ3) is 4.74. The van der Waals surface area contributed by atoms with Gasteiger partial charge in [0.1, 0.15) is 12.4 Å². The number of benzene rings is 1. The molecule has 29 heavy (non-hydrogen) atoms. The summed E-state index contributed by atoms with van der Waals surface area (Å²) in [4.78, 5) is 16.5. The lowest BCUT2D eigenvalue weighted by atomic mass is 9.92. The number of nitrogens with one attached hydrogen (secondary N) is 1. The van der Waals surface area contributed by atoms with E-state index in [0.29, 0.717) is 23.9 Å². The smallest absolute Gasteiger partial charge is 0.246 e. The molecule has 1 fully saturated rings. The van der Waals surface area contributed by atoms with Crippen molar-refractivity contribution >= 4 is 15.9 Å². The standard InChI is InChI=1S/C18H24N4O6S/c1-12-19-18(28-21-12)15-7-8-22(10-16(15)20-17(23)11-26-2)29(24,25)14-6-4-5-13(9-14)27-3/h4-6,9,15-16H,7-8,10-11H2,1-3H3,(H,20,23). The summed E-state index contributed by atoms with van der Waals surface area (Å²) in [6.45, 7) is 1.89. The van der Waals surface area contributed by atoms with E-state index in [4.69, 9.17) is 14.0 Å². The third-order valence-electron chi connectivity index (χ3n) is 4.74. The molecule has 2 heterocycles. The molecule has 11 heteroatoms. The van der Waals surface area contributed by atoms with Crippen LogP contribution in [0.5, 0.6) is 5.75 Å². The van der Waals surface area contributed by atoms with Crippen molar-refractivity contribution in [3.05, 3.63) is 36.0 Å². The van der Waals surface area contributed by atoms with E-state index in [2.05, 4.69) is 15.5 Å². The van der Waals surface area contributed by atoms with Crippen LogP contribution < -0.4 is 10.1 Å². The second-order valence-electron chi connectivity index (χ2n) is 6.72. The number of hydrogen-bond donors (Lipinski definition) is 1. The SMILES string of the molecule is COCC(=O)NC1CN(S(=O)(=O)c2cccc(OC)c2)CCC1c1nc(C)no1. The first-order chi connectivity index (χ1) is 13.8. The van der Waals surface area contributed by atoms with E-state index < -0.39 is 16.1 Å². The summed E-state index contributed by atoms with van der Waals surface area (Å²) in [7, 11) is -0.879. The van der Waals surface area contributed by atoms with Crippen LogP contribution in [0.25, 0.3) is 0 Å². The van der Waals surface area contributed by atoms with E-state index in [1.807, 2.05) is 0 Å². The van der Waals surface area contributed by atoms with E-state index in [-0.39, 0.29) is 36.4 Å². The van der Waals surface area contributed by atoms with E-state index >= 15 is 0 Å². The minimum Gasteiger partial charge on any atom is -0.497 e. The molecule has 1 aliphatic rings. The number of piperidine rings is 1. The van der Waals surface area contributed by atoms with Crippen LogP contribution in [0.1, 0.15) is 24.1 Å². The quantitative estimate of drug-likeness (QED) is 0.689. The van der Waals surface area contributed by atoms with Crippen molar-refractivity contribution in [2.24, 2.45) is 0 Å². The summed E-state index contributed by atoms with van der Waals surface area (Å²) in [5, 5.41) is 6.64. The Morgan fingerprint density at radius 2 is 2.17 bits per heavy atom. The number of methoxy groups -OCH3 is 2. The number of rotatable bonds is 7. The Morgan fingerprint density at radius 3 is 2.83 bits per heavy atom. The summed E-state index contributed by atoms with van der Waals surface area (Å²) in [6.07, 6.45) is 0.419. The topological polar surface area (TPSA) is 124 Å². The van der Waals surface area contributed by atoms with E-state index in [0.717, 1.165) is 0 Å². The number of ether oxygens (including phenoxy) is 2. The Morgan fingerprint density at radius 1 is 1.38 bits per heavy atom. The van der Waals surface area contributed by atoms with Crippen LogP contribution in [0.3, 0.4) is 0 Å². The Hall–Kier alpha value is -2.50. The van der Waals surface area contributed by atoms with Crippen molar-refractivity contribution in [3.63, 3.8) is 0 Å². The highest BCUT2D eigenvalue weighted by atomic mass is 32.2. The average molecular weight is 424 g/mol. The summed E-state index contributed by atoms with van der Waals surface area (Å²) < 4.78 is 42.9. The van der Waals surface area contributed by atoms with Gasteiger partial charge in [-0.3, -0.25) is 4.79 Å². The Bertz CT molecular complexity index is 961. The van der Waals surface area contributed by atoms with Gasteiger partial charge in [-0.2, -0.15) is 9.29 Å². The zero-order chi connectivity index (χ0) is 21.0. The lowest BCUT2D eigenvalue weighted by Gasteiger charge is -2.36. The molecule has 0 bridgehead atoms. The number of hydrogen-bond acceptors (Lipinski definition) is 8. The number of aromatic nitrogens is 2. The first-order valence-corrected chi connectivity index (χ1v) is 10.5. The molecular weight excluding hydrogens is 400 g/mol. The van der Waals surface area contributed by atoms with Crippen LogP contribution in [-0.2, 0) is 19.6 Å². The second kappa shape index (κ2) is 8.89. The molecule has 158 valence electrons. The zero-order valence-electron chi connectivity index (χ0n) is 16.5. The van der Waals surface area contributed by atoms with E-state index in [1.165, 1.54) is 30.7 Å². The van der Waals surface area contributed by atoms with Crippen molar-refractivity contribution < 1.29 is 27.2 Å². The van der Waals surface area contributed by atoms with Gasteiger partial charge < -0.3 is 19.3 Å². The molecule has 1 saturated heterocycles. The number of nitrogens with zero attached hydrogens (tertiary/aromatic N) is 3. The molecule has 2 atom stereocenters. The maximum atomic E-state index is 13.1. The van der Waals surface area contributed by atoms with Crippen molar-refractivity contribution in [2.75, 3.05) is 33.9 Å². The van der Waals surface area contributed by atoms with Crippen molar-refractivity contribution in [3.8, 4) is 5.75 Å². The number of amides is 1. The lowest BCUT2D eigenvalue weighted by Crippen LogP contribution is -2.53. The maximum Gasteiger partial charge on any atom is 0.246 e. The molecule has 10 nitrogen and oxygen atoms in total. The van der Waals surface area contributed by atoms with Gasteiger partial charge in [0.15, 0.2) is 5.82 Å². The number of sulfonamides is 1. The molecule has 0 aliphatic carbocycles. The fraction of sp³-hybridized carbons (Fsp3) is 0.500. The maximum absolute atomic E-state index is 13.1. The second-order valence-corrected chi connectivity index (χ2v) is 8.66. The molecule has 2 aromatic rings. The first kappa shape index (κ1) is 21.2. The van der Waals surface area contributed by atoms with Gasteiger partial charge in [-0.15, -0.1) is 0 Å². The number of aryl methyl sites for hydroxylation is 1. The first-order valence-electron chi connectivity index (χ1n) is 9.08. The predicted octanol–water partition coefficient (Wildman–Crippen LogP) is 0.696. The van der Waals surface area contributed by atoms with Crippen LogP contribution in [0.2, 0.25) is 0 Å². The van der Waals surface area contributed by atoms with E-state index in [9.17, 15) is 13.2 Å². The average Bonchev–Trinajstić information content (AvgIpc) is 3.14. The fourth-order valence-corrected chi connectivity index (χ4v) is 4.85. The van der Waals surface area contributed by atoms with Gasteiger partial charge in [-0.05, 0) is 25.5 Å². The molecule has 3 rings (SSSR count). The lowest BCUT2D eigenvalue weighted by molar-refractivity contribution is -0.125. The number of carbonyl (C=O) groups is 1. The molecular formula is C18H24N4O6S. The molecule has 1 aromatic carbocycles. The minimum atomic E-state index is -3.77. The van der Waals surface area contributed by atoms with E-state index in [1.54, 1.807) is 19.1 Å². The molecule has 2 unspecified atom stereocenters. The Labute approximate surface area is 169 Å². The van der Waals surface area contributed by atoms with Crippen LogP contribution in [0.15, 0.2) is 33.7 Å². The fourth-order valence-electron chi connectivity index (χ4n) is 3.34. The van der Waals surface area contributed by atoms with Crippen LogP contribution in [-0.4, -0.2) is 68.7 Å². The number of carbonyl (C=O) groups excluding carboxylic acids is 1. The van der Waals surface area contributed by atoms with Crippen LogP contribution in [0.4, 0.5) is 0 Å². The van der Waals surface area contributed by atoms with Gasteiger partial charge in [0.2, 0.25) is 21.8 Å². The Kier molecular flexibility index (Phi) is 6.50. The highest BCUT2D eigenvalue weighted by Gasteiger charge is 2.39. The predicted molar refractivity (Wildman–Crippen MR) is 102 cm³/mol. The van der Waals surface area contributed by atoms with Crippen molar-refractivity contribution in [1.29, 1.82) is 0 Å². The van der Waals surface area contributed by atoms with Gasteiger partial charge in [-0.1, -0.05) is 11.2 Å². The molecule has 1 N–H and O–H groups in total. The van der Waals surface area contributed by atoms with Gasteiger partial charge in [-0.25, -0.2) is 8.42 Å². The summed E-state index contributed by atoms with van der Waals surface area (Å²) in [5.74, 6) is 0.664. The highest BCUT2D eigenvalue weighted by molar-refractivity contribution is 7.89. The molecule has 0 radical (unpaired) electrons. The molecule has 1 aliphatic heterocycles. The highest BCUT2D eigenvalue weighted by Crippen LogP contribution is 2.31. The Balaban J connectivity index is 1.86. The minimum absolute atomic E-state index is 0.0705. The van der Waals surface area contributed by atoms with Gasteiger partial charge in [0.05, 0.1) is 24.0 Å². The summed E-state index contributed by atoms with van der Waals surface area (Å²) in [6, 6.07) is 5.76. The van der Waals surface area contributed by atoms with Crippen molar-refractivity contribution in [2.45, 2.75) is 30.2 Å². The summed E-state index contributed by atoms with van der Waals surface area (Å²) in [5.41, 5.74) is 0. The van der Waals surface area contributed by atoms with Gasteiger partial charge in [0, 0.05) is 26.3 Å². The largest absolute Gasteiger partial charge is 0.497 e. The molecule has 0 saturated carbocycles. The monoisotopic (exact) mass is 424 g/mol. The van der Waals surface area contributed by atoms with Gasteiger partial charge >= 0.3 is 0 Å². The molecule has 1 aromatic heterocycles. The van der Waals surface area contributed by atoms with Crippen molar-refractivity contribution in [1.82, 2.24) is 19.8 Å².